The van der Waals surface area contributed by atoms with Gasteiger partial charge in [-0.2, -0.15) is 8.42 Å². The van der Waals surface area contributed by atoms with Gasteiger partial charge in [0.15, 0.2) is 5.84 Å². The van der Waals surface area contributed by atoms with Crippen LogP contribution in [0.5, 0.6) is 0 Å². The molecule has 0 radical (unpaired) electrons. The summed E-state index contributed by atoms with van der Waals surface area (Å²) in [4.78, 5) is 14.8. The third-order valence-electron chi connectivity index (χ3n) is 4.97. The quantitative estimate of drug-likeness (QED) is 0.864. The third kappa shape index (κ3) is 3.47. The van der Waals surface area contributed by atoms with Gasteiger partial charge in [-0.1, -0.05) is 19.1 Å². The van der Waals surface area contributed by atoms with E-state index < -0.39 is 10.0 Å². The summed E-state index contributed by atoms with van der Waals surface area (Å²) in [7, 11) is -3.65. The van der Waals surface area contributed by atoms with E-state index in [1.807, 2.05) is 4.90 Å². The third-order valence-corrected chi connectivity index (χ3v) is 6.31. The molecular formula is C20H21N3O3S. The van der Waals surface area contributed by atoms with Gasteiger partial charge in [-0.3, -0.25) is 4.79 Å². The Morgan fingerprint density at radius 3 is 2.63 bits per heavy atom. The van der Waals surface area contributed by atoms with Crippen LogP contribution in [-0.4, -0.2) is 38.2 Å². The highest BCUT2D eigenvalue weighted by atomic mass is 32.2. The summed E-state index contributed by atoms with van der Waals surface area (Å²) in [6, 6.07) is 13.8. The SMILES string of the molecule is CC1CCCN(C(=O)c2ccc(NC3=NS(=O)(=O)c4ccccc43)cc2)C1. The van der Waals surface area contributed by atoms with Crippen LogP contribution in [-0.2, 0) is 10.0 Å². The smallest absolute Gasteiger partial charge is 0.285 e. The summed E-state index contributed by atoms with van der Waals surface area (Å²) in [6.45, 7) is 3.76. The molecule has 2 heterocycles. The van der Waals surface area contributed by atoms with Crippen LogP contribution in [0.3, 0.4) is 0 Å². The molecule has 0 bridgehead atoms. The van der Waals surface area contributed by atoms with Crippen LogP contribution in [0.15, 0.2) is 57.8 Å². The summed E-state index contributed by atoms with van der Waals surface area (Å²) in [6.07, 6.45) is 2.21. The molecule has 1 amide bonds. The van der Waals surface area contributed by atoms with Crippen molar-refractivity contribution in [2.24, 2.45) is 10.3 Å². The average Bonchev–Trinajstić information content (AvgIpc) is 2.92. The van der Waals surface area contributed by atoms with Gasteiger partial charge < -0.3 is 10.2 Å². The van der Waals surface area contributed by atoms with E-state index in [0.717, 1.165) is 19.5 Å². The van der Waals surface area contributed by atoms with Crippen molar-refractivity contribution in [3.05, 3.63) is 59.7 Å². The number of amidine groups is 1. The van der Waals surface area contributed by atoms with E-state index in [9.17, 15) is 13.2 Å². The molecule has 4 rings (SSSR count). The number of anilines is 1. The minimum atomic E-state index is -3.65. The maximum absolute atomic E-state index is 12.7. The molecule has 1 N–H and O–H groups in total. The Hall–Kier alpha value is -2.67. The molecule has 0 saturated carbocycles. The Morgan fingerprint density at radius 1 is 1.15 bits per heavy atom. The first-order valence-electron chi connectivity index (χ1n) is 9.05. The number of nitrogens with one attached hydrogen (secondary N) is 1. The molecule has 0 aromatic heterocycles. The van der Waals surface area contributed by atoms with Crippen molar-refractivity contribution in [1.82, 2.24) is 4.90 Å². The lowest BCUT2D eigenvalue weighted by molar-refractivity contribution is 0.0683. The standard InChI is InChI=1S/C20H21N3O3S/c1-14-5-4-12-23(13-14)20(24)15-8-10-16(11-9-15)21-19-17-6-2-3-7-18(17)27(25,26)22-19/h2-3,6-11,14H,4-5,12-13H2,1H3,(H,21,22). The van der Waals surface area contributed by atoms with Crippen molar-refractivity contribution in [3.8, 4) is 0 Å². The first-order valence-corrected chi connectivity index (χ1v) is 10.5. The largest absolute Gasteiger partial charge is 0.339 e. The van der Waals surface area contributed by atoms with Crippen molar-refractivity contribution < 1.29 is 13.2 Å². The highest BCUT2D eigenvalue weighted by Gasteiger charge is 2.28. The van der Waals surface area contributed by atoms with E-state index in [1.165, 1.54) is 6.42 Å². The summed E-state index contributed by atoms with van der Waals surface area (Å²) < 4.78 is 28.1. The fraction of sp³-hybridized carbons (Fsp3) is 0.300. The van der Waals surface area contributed by atoms with Gasteiger partial charge in [0.1, 0.15) is 4.90 Å². The minimum absolute atomic E-state index is 0.0410. The zero-order chi connectivity index (χ0) is 19.0. The number of amides is 1. The summed E-state index contributed by atoms with van der Waals surface area (Å²) in [5, 5.41) is 3.05. The molecule has 140 valence electrons. The number of fused-ring (bicyclic) bond motifs is 1. The zero-order valence-electron chi connectivity index (χ0n) is 15.1. The Balaban J connectivity index is 1.51. The van der Waals surface area contributed by atoms with Crippen LogP contribution in [0, 0.1) is 5.92 Å². The predicted molar refractivity (Wildman–Crippen MR) is 105 cm³/mol. The van der Waals surface area contributed by atoms with Crippen molar-refractivity contribution in [1.29, 1.82) is 0 Å². The molecule has 1 saturated heterocycles. The van der Waals surface area contributed by atoms with E-state index in [4.69, 9.17) is 0 Å². The van der Waals surface area contributed by atoms with Crippen LogP contribution in [0.1, 0.15) is 35.7 Å². The number of rotatable bonds is 2. The maximum atomic E-state index is 12.7. The van der Waals surface area contributed by atoms with Crippen LogP contribution in [0.4, 0.5) is 5.69 Å². The van der Waals surface area contributed by atoms with Crippen LogP contribution in [0.25, 0.3) is 0 Å². The normalized spacial score (nSPS) is 20.7. The number of nitrogens with zero attached hydrogens (tertiary/aromatic N) is 2. The van der Waals surface area contributed by atoms with Crippen LogP contribution in [0.2, 0.25) is 0 Å². The Bertz CT molecular complexity index is 1010. The van der Waals surface area contributed by atoms with Gasteiger partial charge in [-0.05, 0) is 55.2 Å². The monoisotopic (exact) mass is 383 g/mol. The van der Waals surface area contributed by atoms with Crippen molar-refractivity contribution >= 4 is 27.5 Å². The first-order chi connectivity index (χ1) is 12.9. The maximum Gasteiger partial charge on any atom is 0.285 e. The fourth-order valence-electron chi connectivity index (χ4n) is 3.59. The number of sulfonamides is 1. The molecule has 6 nitrogen and oxygen atoms in total. The number of likely N-dealkylation sites (tertiary alicyclic amines) is 1. The molecule has 7 heteroatoms. The molecule has 27 heavy (non-hydrogen) atoms. The molecule has 0 aliphatic carbocycles. The summed E-state index contributed by atoms with van der Waals surface area (Å²) >= 11 is 0. The van der Waals surface area contributed by atoms with Crippen molar-refractivity contribution in [2.45, 2.75) is 24.7 Å². The number of hydrogen-bond donors (Lipinski definition) is 1. The molecule has 0 spiro atoms. The lowest BCUT2D eigenvalue weighted by Gasteiger charge is -2.31. The number of piperidine rings is 1. The number of benzene rings is 2. The second kappa shape index (κ2) is 6.81. The zero-order valence-corrected chi connectivity index (χ0v) is 15.9. The van der Waals surface area contributed by atoms with Gasteiger partial charge in [0.2, 0.25) is 0 Å². The molecule has 1 unspecified atom stereocenters. The summed E-state index contributed by atoms with van der Waals surface area (Å²) in [5.74, 6) is 0.875. The number of carbonyl (C=O) groups is 1. The number of carbonyl (C=O) groups excluding carboxylic acids is 1. The van der Waals surface area contributed by atoms with Gasteiger partial charge in [0.25, 0.3) is 15.9 Å². The number of hydrogen-bond acceptors (Lipinski definition) is 4. The van der Waals surface area contributed by atoms with E-state index >= 15 is 0 Å². The van der Waals surface area contributed by atoms with Gasteiger partial charge >= 0.3 is 0 Å². The lowest BCUT2D eigenvalue weighted by atomic mass is 9.99. The highest BCUT2D eigenvalue weighted by molar-refractivity contribution is 7.90. The molecular weight excluding hydrogens is 362 g/mol. The predicted octanol–water partition coefficient (Wildman–Crippen LogP) is 3.12. The highest BCUT2D eigenvalue weighted by Crippen LogP contribution is 2.27. The van der Waals surface area contributed by atoms with Gasteiger partial charge in [-0.15, -0.1) is 4.40 Å². The van der Waals surface area contributed by atoms with Gasteiger partial charge in [0, 0.05) is 29.9 Å². The van der Waals surface area contributed by atoms with E-state index in [1.54, 1.807) is 48.5 Å². The fourth-order valence-corrected chi connectivity index (χ4v) is 4.76. The van der Waals surface area contributed by atoms with Crippen LogP contribution >= 0.6 is 0 Å². The van der Waals surface area contributed by atoms with Crippen molar-refractivity contribution in [2.75, 3.05) is 18.4 Å². The average molecular weight is 383 g/mol. The molecule has 2 aliphatic rings. The molecule has 2 aromatic carbocycles. The van der Waals surface area contributed by atoms with E-state index in [-0.39, 0.29) is 10.8 Å². The van der Waals surface area contributed by atoms with Gasteiger partial charge in [0.05, 0.1) is 0 Å². The Kier molecular flexibility index (Phi) is 4.47. The van der Waals surface area contributed by atoms with Crippen LogP contribution < -0.4 is 5.32 Å². The first kappa shape index (κ1) is 17.7. The molecule has 2 aliphatic heterocycles. The second-order valence-corrected chi connectivity index (χ2v) is 8.68. The molecule has 2 aromatic rings. The van der Waals surface area contributed by atoms with E-state index in [2.05, 4.69) is 16.6 Å². The minimum Gasteiger partial charge on any atom is -0.339 e. The molecule has 1 fully saturated rings. The second-order valence-electron chi connectivity index (χ2n) is 7.11. The Morgan fingerprint density at radius 2 is 1.89 bits per heavy atom. The topological polar surface area (TPSA) is 78.8 Å². The van der Waals surface area contributed by atoms with Gasteiger partial charge in [-0.25, -0.2) is 0 Å². The summed E-state index contributed by atoms with van der Waals surface area (Å²) in [5.41, 5.74) is 1.88. The lowest BCUT2D eigenvalue weighted by Crippen LogP contribution is -2.39. The Labute approximate surface area is 159 Å². The van der Waals surface area contributed by atoms with E-state index in [0.29, 0.717) is 28.6 Å². The van der Waals surface area contributed by atoms with Crippen molar-refractivity contribution in [3.63, 3.8) is 0 Å². The molecule has 1 atom stereocenters.